The largest absolute Gasteiger partial charge is 0.496 e. The molecule has 29 heavy (non-hydrogen) atoms. The molecular formula is C22H28N2O4S. The molecule has 1 heterocycles. The molecule has 1 aromatic heterocycles. The summed E-state index contributed by atoms with van der Waals surface area (Å²) in [6, 6.07) is 7.31. The van der Waals surface area contributed by atoms with E-state index in [2.05, 4.69) is 5.32 Å². The molecule has 1 N–H and O–H groups in total. The zero-order valence-electron chi connectivity index (χ0n) is 17.7. The van der Waals surface area contributed by atoms with Crippen LogP contribution in [0.2, 0.25) is 0 Å². The number of aromatic nitrogens is 1. The Labute approximate surface area is 174 Å². The zero-order chi connectivity index (χ0) is 21.8. The molecule has 7 heteroatoms. The number of ether oxygens (including phenoxy) is 1. The highest BCUT2D eigenvalue weighted by molar-refractivity contribution is 7.07. The third-order valence-corrected chi connectivity index (χ3v) is 5.17. The average Bonchev–Trinajstić information content (AvgIpc) is 2.89. The first kappa shape index (κ1) is 22.6. The van der Waals surface area contributed by atoms with Crippen molar-refractivity contribution in [2.24, 2.45) is 5.41 Å². The topological polar surface area (TPSA) is 77.4 Å². The van der Waals surface area contributed by atoms with Crippen LogP contribution >= 0.6 is 11.3 Å². The third kappa shape index (κ3) is 5.90. The molecule has 156 valence electrons. The number of carbonyl (C=O) groups excluding carboxylic acids is 2. The number of ketones is 1. The van der Waals surface area contributed by atoms with E-state index >= 15 is 0 Å². The molecule has 0 atom stereocenters. The Bertz CT molecular complexity index is 1070. The van der Waals surface area contributed by atoms with Gasteiger partial charge in [-0.1, -0.05) is 39.0 Å². The van der Waals surface area contributed by atoms with Gasteiger partial charge < -0.3 is 10.1 Å². The molecule has 0 fully saturated rings. The Kier molecular flexibility index (Phi) is 7.19. The van der Waals surface area contributed by atoms with Gasteiger partial charge in [-0.25, -0.2) is 0 Å². The number of benzene rings is 1. The van der Waals surface area contributed by atoms with Crippen molar-refractivity contribution >= 4 is 35.2 Å². The fourth-order valence-electron chi connectivity index (χ4n) is 2.56. The van der Waals surface area contributed by atoms with Gasteiger partial charge in [0.25, 0.3) is 5.56 Å². The van der Waals surface area contributed by atoms with E-state index in [4.69, 9.17) is 4.74 Å². The van der Waals surface area contributed by atoms with Crippen molar-refractivity contribution in [2.45, 2.75) is 47.2 Å². The lowest BCUT2D eigenvalue weighted by Crippen LogP contribution is -2.40. The van der Waals surface area contributed by atoms with Crippen LogP contribution in [0.5, 0.6) is 5.75 Å². The van der Waals surface area contributed by atoms with Crippen molar-refractivity contribution in [2.75, 3.05) is 7.11 Å². The second-order valence-electron chi connectivity index (χ2n) is 8.06. The highest BCUT2D eigenvalue weighted by atomic mass is 32.1. The van der Waals surface area contributed by atoms with Gasteiger partial charge in [0.1, 0.15) is 17.0 Å². The van der Waals surface area contributed by atoms with Crippen LogP contribution in [-0.2, 0) is 16.1 Å². The summed E-state index contributed by atoms with van der Waals surface area (Å²) in [6.07, 6.45) is 3.18. The van der Waals surface area contributed by atoms with Crippen LogP contribution < -0.4 is 24.8 Å². The quantitative estimate of drug-likeness (QED) is 0.777. The number of methoxy groups -OCH3 is 1. The lowest BCUT2D eigenvalue weighted by molar-refractivity contribution is -0.122. The van der Waals surface area contributed by atoms with E-state index in [0.29, 0.717) is 14.9 Å². The van der Waals surface area contributed by atoms with Crippen molar-refractivity contribution < 1.29 is 14.3 Å². The number of hydrogen-bond acceptors (Lipinski definition) is 5. The summed E-state index contributed by atoms with van der Waals surface area (Å²) in [5, 5.41) is 2.78. The van der Waals surface area contributed by atoms with Crippen molar-refractivity contribution in [3.05, 3.63) is 49.4 Å². The Balaban J connectivity index is 2.66. The molecule has 0 aliphatic rings. The van der Waals surface area contributed by atoms with Crippen molar-refractivity contribution in [1.82, 2.24) is 9.88 Å². The van der Waals surface area contributed by atoms with Crippen LogP contribution in [0.25, 0.3) is 12.2 Å². The van der Waals surface area contributed by atoms with Gasteiger partial charge in [0.2, 0.25) is 5.91 Å². The molecule has 0 saturated carbocycles. The summed E-state index contributed by atoms with van der Waals surface area (Å²) in [5.41, 5.74) is -0.147. The Hall–Kier alpha value is -2.67. The number of nitrogens with one attached hydrogen (secondary N) is 1. The molecule has 2 rings (SSSR count). The van der Waals surface area contributed by atoms with Gasteiger partial charge >= 0.3 is 0 Å². The molecular weight excluding hydrogens is 388 g/mol. The number of nitrogens with zero attached hydrogens (tertiary/aromatic N) is 1. The standard InChI is InChI=1S/C22H28N2O4S/c1-14(2)23-19(26)13-24-20(12-18(25)22(3,4)5)29-17(21(24)27)11-15-9-7-8-10-16(15)28-6/h7-12,14H,13H2,1-6H3,(H,23,26)/b17-11-,20-12-. The van der Waals surface area contributed by atoms with Crippen LogP contribution in [0, 0.1) is 5.41 Å². The highest BCUT2D eigenvalue weighted by Crippen LogP contribution is 2.17. The van der Waals surface area contributed by atoms with Gasteiger partial charge in [-0.15, -0.1) is 11.3 Å². The first-order valence-corrected chi connectivity index (χ1v) is 10.2. The van der Waals surface area contributed by atoms with Crippen molar-refractivity contribution in [3.63, 3.8) is 0 Å². The summed E-state index contributed by atoms with van der Waals surface area (Å²) in [5.74, 6) is 0.253. The number of hydrogen-bond donors (Lipinski definition) is 1. The molecule has 0 aliphatic carbocycles. The predicted octanol–water partition coefficient (Wildman–Crippen LogP) is 1.67. The molecule has 0 spiro atoms. The average molecular weight is 417 g/mol. The van der Waals surface area contributed by atoms with Gasteiger partial charge in [0.15, 0.2) is 5.78 Å². The molecule has 0 bridgehead atoms. The summed E-state index contributed by atoms with van der Waals surface area (Å²) < 4.78 is 7.59. The van der Waals surface area contributed by atoms with Crippen LogP contribution in [0.1, 0.15) is 40.2 Å². The second-order valence-corrected chi connectivity index (χ2v) is 9.13. The smallest absolute Gasteiger partial charge is 0.269 e. The molecule has 0 saturated heterocycles. The molecule has 0 aliphatic heterocycles. The molecule has 1 amide bonds. The lowest BCUT2D eigenvalue weighted by atomic mass is 9.91. The Morgan fingerprint density at radius 1 is 1.24 bits per heavy atom. The predicted molar refractivity (Wildman–Crippen MR) is 117 cm³/mol. The summed E-state index contributed by atoms with van der Waals surface area (Å²) in [7, 11) is 1.57. The van der Waals surface area contributed by atoms with E-state index in [1.54, 1.807) is 13.2 Å². The zero-order valence-corrected chi connectivity index (χ0v) is 18.6. The van der Waals surface area contributed by atoms with E-state index in [1.807, 2.05) is 58.9 Å². The van der Waals surface area contributed by atoms with E-state index in [9.17, 15) is 14.4 Å². The SMILES string of the molecule is COc1ccccc1/C=c1\s/c(=C\C(=O)C(C)(C)C)n(CC(=O)NC(C)C)c1=O. The number of Topliss-reactive ketones (excluding diaryl/α,β-unsaturated/α-hetero) is 1. The minimum Gasteiger partial charge on any atom is -0.496 e. The van der Waals surface area contributed by atoms with Crippen molar-refractivity contribution in [3.8, 4) is 5.75 Å². The van der Waals surface area contributed by atoms with Gasteiger partial charge in [-0.2, -0.15) is 0 Å². The van der Waals surface area contributed by atoms with Crippen LogP contribution in [0.4, 0.5) is 0 Å². The highest BCUT2D eigenvalue weighted by Gasteiger charge is 2.20. The fraction of sp³-hybridized carbons (Fsp3) is 0.409. The number of carbonyl (C=O) groups is 2. The first-order valence-electron chi connectivity index (χ1n) is 9.43. The molecule has 0 unspecified atom stereocenters. The number of rotatable bonds is 6. The van der Waals surface area contributed by atoms with Gasteiger partial charge in [0.05, 0.1) is 11.6 Å². The second kappa shape index (κ2) is 9.22. The first-order chi connectivity index (χ1) is 13.5. The Morgan fingerprint density at radius 2 is 1.90 bits per heavy atom. The maximum absolute atomic E-state index is 13.0. The fourth-order valence-corrected chi connectivity index (χ4v) is 3.59. The summed E-state index contributed by atoms with van der Waals surface area (Å²) in [4.78, 5) is 37.9. The van der Waals surface area contributed by atoms with Crippen LogP contribution in [0.3, 0.4) is 0 Å². The van der Waals surface area contributed by atoms with E-state index in [0.717, 1.165) is 5.56 Å². The number of para-hydroxylation sites is 1. The van der Waals surface area contributed by atoms with Crippen LogP contribution in [-0.4, -0.2) is 29.4 Å². The number of amides is 1. The Morgan fingerprint density at radius 3 is 2.48 bits per heavy atom. The summed E-state index contributed by atoms with van der Waals surface area (Å²) >= 11 is 1.19. The van der Waals surface area contributed by atoms with Gasteiger partial charge in [0, 0.05) is 23.1 Å². The maximum atomic E-state index is 13.0. The van der Waals surface area contributed by atoms with E-state index in [-0.39, 0.29) is 29.8 Å². The minimum absolute atomic E-state index is 0.0416. The molecule has 6 nitrogen and oxygen atoms in total. The summed E-state index contributed by atoms with van der Waals surface area (Å²) in [6.45, 7) is 9.01. The third-order valence-electron chi connectivity index (χ3n) is 4.11. The van der Waals surface area contributed by atoms with E-state index < -0.39 is 5.41 Å². The molecule has 1 aromatic carbocycles. The van der Waals surface area contributed by atoms with Gasteiger partial charge in [-0.05, 0) is 26.0 Å². The molecule has 2 aromatic rings. The normalized spacial score (nSPS) is 13.1. The van der Waals surface area contributed by atoms with Crippen molar-refractivity contribution in [1.29, 1.82) is 0 Å². The number of thiazole rings is 1. The minimum atomic E-state index is -0.586. The van der Waals surface area contributed by atoms with E-state index in [1.165, 1.54) is 22.0 Å². The monoisotopic (exact) mass is 416 g/mol. The molecule has 0 radical (unpaired) electrons. The maximum Gasteiger partial charge on any atom is 0.269 e. The van der Waals surface area contributed by atoms with Gasteiger partial charge in [-0.3, -0.25) is 19.0 Å². The van der Waals surface area contributed by atoms with Crippen LogP contribution in [0.15, 0.2) is 29.1 Å². The lowest BCUT2D eigenvalue weighted by Gasteiger charge is -2.13.